The average molecular weight is 316 g/mol. The zero-order valence-corrected chi connectivity index (χ0v) is 12.2. The van der Waals surface area contributed by atoms with E-state index in [1.54, 1.807) is 0 Å². The van der Waals surface area contributed by atoms with Crippen LogP contribution in [0.25, 0.3) is 0 Å². The normalized spacial score (nSPS) is 19.1. The number of fused-ring (bicyclic) bond motifs is 1. The van der Waals surface area contributed by atoms with Gasteiger partial charge in [-0.15, -0.1) is 0 Å². The smallest absolute Gasteiger partial charge is 0.316 e. The number of azo groups is 1. The number of amidine groups is 1. The molecular formula is C14H12N4O3S. The number of carbonyl (C=O) groups excluding carboxylic acids is 2. The molecule has 2 aliphatic rings. The number of rotatable bonds is 4. The molecule has 112 valence electrons. The molecule has 7 nitrogen and oxygen atoms in total. The standard InChI is InChI=1S/C14H12N4O3S/c19-11(21-7-9-4-2-1-3-5-9)8-22-14-16-12-10(6-15-18-12)13(20)17-14/h1-6,12H,7-8H2,(H,16,17,20). The summed E-state index contributed by atoms with van der Waals surface area (Å²) in [7, 11) is 0. The van der Waals surface area contributed by atoms with Crippen LogP contribution in [0.15, 0.2) is 57.3 Å². The Labute approximate surface area is 130 Å². The van der Waals surface area contributed by atoms with Crippen LogP contribution >= 0.6 is 11.8 Å². The topological polar surface area (TPSA) is 92.5 Å². The fourth-order valence-corrected chi connectivity index (χ4v) is 2.53. The van der Waals surface area contributed by atoms with Gasteiger partial charge >= 0.3 is 5.97 Å². The number of amides is 1. The largest absolute Gasteiger partial charge is 0.460 e. The molecule has 0 fully saturated rings. The molecule has 0 saturated carbocycles. The Hall–Kier alpha value is -2.48. The molecule has 0 bridgehead atoms. The second-order valence-corrected chi connectivity index (χ2v) is 5.48. The number of hydrogen-bond donors (Lipinski definition) is 1. The number of carbonyl (C=O) groups is 2. The van der Waals surface area contributed by atoms with E-state index < -0.39 is 6.17 Å². The van der Waals surface area contributed by atoms with E-state index in [9.17, 15) is 9.59 Å². The molecule has 8 heteroatoms. The molecule has 0 aliphatic carbocycles. The Kier molecular flexibility index (Phi) is 4.29. The minimum absolute atomic E-state index is 0.0643. The Balaban J connectivity index is 1.48. The number of thioether (sulfide) groups is 1. The van der Waals surface area contributed by atoms with Gasteiger partial charge in [-0.3, -0.25) is 9.59 Å². The fourth-order valence-electron chi connectivity index (χ4n) is 1.85. The Morgan fingerprint density at radius 1 is 1.32 bits per heavy atom. The third-order valence-electron chi connectivity index (χ3n) is 2.94. The molecule has 1 amide bonds. The molecule has 1 atom stereocenters. The molecule has 1 N–H and O–H groups in total. The van der Waals surface area contributed by atoms with Gasteiger partial charge in [0.25, 0.3) is 5.91 Å². The lowest BCUT2D eigenvalue weighted by atomic mass is 10.2. The predicted octanol–water partition coefficient (Wildman–Crippen LogP) is 1.62. The Morgan fingerprint density at radius 2 is 2.14 bits per heavy atom. The lowest BCUT2D eigenvalue weighted by molar-refractivity contribution is -0.141. The van der Waals surface area contributed by atoms with Crippen LogP contribution in [0.2, 0.25) is 0 Å². The first-order valence-electron chi connectivity index (χ1n) is 6.54. The van der Waals surface area contributed by atoms with Crippen molar-refractivity contribution in [1.82, 2.24) is 5.32 Å². The summed E-state index contributed by atoms with van der Waals surface area (Å²) < 4.78 is 5.15. The molecule has 0 aromatic heterocycles. The maximum Gasteiger partial charge on any atom is 0.316 e. The molecule has 0 saturated heterocycles. The van der Waals surface area contributed by atoms with Crippen LogP contribution in [0.1, 0.15) is 5.56 Å². The van der Waals surface area contributed by atoms with Gasteiger partial charge in [0.2, 0.25) is 0 Å². The van der Waals surface area contributed by atoms with Crippen molar-refractivity contribution in [2.24, 2.45) is 15.2 Å². The van der Waals surface area contributed by atoms with E-state index in [1.165, 1.54) is 6.20 Å². The van der Waals surface area contributed by atoms with Crippen molar-refractivity contribution >= 4 is 28.8 Å². The van der Waals surface area contributed by atoms with Crippen molar-refractivity contribution in [1.29, 1.82) is 0 Å². The van der Waals surface area contributed by atoms with Crippen molar-refractivity contribution in [3.63, 3.8) is 0 Å². The van der Waals surface area contributed by atoms with E-state index in [-0.39, 0.29) is 24.2 Å². The minimum Gasteiger partial charge on any atom is -0.460 e. The number of nitrogens with one attached hydrogen (secondary N) is 1. The fraction of sp³-hybridized carbons (Fsp3) is 0.214. The van der Waals surface area contributed by atoms with Gasteiger partial charge in [-0.2, -0.15) is 10.2 Å². The van der Waals surface area contributed by atoms with E-state index in [0.29, 0.717) is 10.7 Å². The molecule has 0 radical (unpaired) electrons. The molecule has 1 aromatic rings. The minimum atomic E-state index is -0.586. The second-order valence-electron chi connectivity index (χ2n) is 4.51. The molecule has 1 unspecified atom stereocenters. The van der Waals surface area contributed by atoms with E-state index in [1.807, 2.05) is 30.3 Å². The van der Waals surface area contributed by atoms with E-state index >= 15 is 0 Å². The lowest BCUT2D eigenvalue weighted by Crippen LogP contribution is -2.38. The number of aliphatic imine (C=N–C) groups is 1. The van der Waals surface area contributed by atoms with Crippen LogP contribution in [0.4, 0.5) is 0 Å². The van der Waals surface area contributed by atoms with Crippen LogP contribution in [0, 0.1) is 0 Å². The quantitative estimate of drug-likeness (QED) is 0.854. The van der Waals surface area contributed by atoms with Gasteiger partial charge in [0.05, 0.1) is 17.5 Å². The van der Waals surface area contributed by atoms with Crippen molar-refractivity contribution < 1.29 is 14.3 Å². The number of hydrogen-bond acceptors (Lipinski definition) is 7. The summed E-state index contributed by atoms with van der Waals surface area (Å²) in [5.74, 6) is -0.597. The predicted molar refractivity (Wildman–Crippen MR) is 81.0 cm³/mol. The van der Waals surface area contributed by atoms with Gasteiger partial charge in [-0.1, -0.05) is 42.1 Å². The summed E-state index contributed by atoms with van der Waals surface area (Å²) in [6.45, 7) is 0.225. The molecule has 2 heterocycles. The number of nitrogens with zero attached hydrogens (tertiary/aromatic N) is 3. The average Bonchev–Trinajstić information content (AvgIpc) is 3.01. The van der Waals surface area contributed by atoms with Crippen molar-refractivity contribution in [3.8, 4) is 0 Å². The molecule has 3 rings (SSSR count). The highest BCUT2D eigenvalue weighted by Crippen LogP contribution is 2.22. The van der Waals surface area contributed by atoms with Crippen molar-refractivity contribution in [3.05, 3.63) is 47.7 Å². The van der Waals surface area contributed by atoms with Crippen molar-refractivity contribution in [2.75, 3.05) is 5.75 Å². The first-order valence-corrected chi connectivity index (χ1v) is 7.52. The lowest BCUT2D eigenvalue weighted by Gasteiger charge is -2.16. The molecule has 0 spiro atoms. The maximum absolute atomic E-state index is 11.7. The molecule has 2 aliphatic heterocycles. The summed E-state index contributed by atoms with van der Waals surface area (Å²) in [5, 5.41) is 10.4. The van der Waals surface area contributed by atoms with Crippen LogP contribution in [0.5, 0.6) is 0 Å². The summed E-state index contributed by atoms with van der Waals surface area (Å²) in [5.41, 5.74) is 1.33. The zero-order valence-electron chi connectivity index (χ0n) is 11.4. The van der Waals surface area contributed by atoms with Crippen LogP contribution in [0.3, 0.4) is 0 Å². The first-order chi connectivity index (χ1) is 10.7. The van der Waals surface area contributed by atoms with E-state index in [4.69, 9.17) is 4.74 Å². The molecular weight excluding hydrogens is 304 g/mol. The monoisotopic (exact) mass is 316 g/mol. The third-order valence-corrected chi connectivity index (χ3v) is 3.80. The van der Waals surface area contributed by atoms with E-state index in [2.05, 4.69) is 20.5 Å². The summed E-state index contributed by atoms with van der Waals surface area (Å²) in [6, 6.07) is 9.42. The van der Waals surface area contributed by atoms with Crippen LogP contribution < -0.4 is 5.32 Å². The van der Waals surface area contributed by atoms with Crippen LogP contribution in [-0.4, -0.2) is 29.0 Å². The van der Waals surface area contributed by atoms with Gasteiger partial charge < -0.3 is 10.1 Å². The van der Waals surface area contributed by atoms with Crippen LogP contribution in [-0.2, 0) is 20.9 Å². The van der Waals surface area contributed by atoms with Gasteiger partial charge in [0.15, 0.2) is 11.3 Å². The zero-order chi connectivity index (χ0) is 15.4. The van der Waals surface area contributed by atoms with Gasteiger partial charge in [-0.25, -0.2) is 4.99 Å². The van der Waals surface area contributed by atoms with E-state index in [0.717, 1.165) is 17.3 Å². The summed E-state index contributed by atoms with van der Waals surface area (Å²) in [4.78, 5) is 27.6. The first kappa shape index (κ1) is 14.5. The highest BCUT2D eigenvalue weighted by Gasteiger charge is 2.29. The molecule has 1 aromatic carbocycles. The van der Waals surface area contributed by atoms with Gasteiger partial charge in [0.1, 0.15) is 6.61 Å². The van der Waals surface area contributed by atoms with Gasteiger partial charge in [0, 0.05) is 0 Å². The third kappa shape index (κ3) is 3.40. The van der Waals surface area contributed by atoms with Gasteiger partial charge in [-0.05, 0) is 5.56 Å². The summed E-state index contributed by atoms with van der Waals surface area (Å²) >= 11 is 1.11. The number of ether oxygens (including phenoxy) is 1. The second kappa shape index (κ2) is 6.52. The summed E-state index contributed by atoms with van der Waals surface area (Å²) in [6.07, 6.45) is 0.801. The highest BCUT2D eigenvalue weighted by molar-refractivity contribution is 8.14. The molecule has 22 heavy (non-hydrogen) atoms. The Bertz CT molecular complexity index is 685. The number of benzene rings is 1. The Morgan fingerprint density at radius 3 is 2.95 bits per heavy atom. The highest BCUT2D eigenvalue weighted by atomic mass is 32.2. The SMILES string of the molecule is O=C(CSC1=NC2N=NC=C2C(=O)N1)OCc1ccccc1. The number of esters is 1. The van der Waals surface area contributed by atoms with Crippen molar-refractivity contribution in [2.45, 2.75) is 12.8 Å². The maximum atomic E-state index is 11.7.